The van der Waals surface area contributed by atoms with E-state index >= 15 is 0 Å². The van der Waals surface area contributed by atoms with Crippen molar-refractivity contribution in [1.82, 2.24) is 0 Å². The van der Waals surface area contributed by atoms with E-state index in [0.29, 0.717) is 0 Å². The second-order valence-corrected chi connectivity index (χ2v) is 5.74. The predicted molar refractivity (Wildman–Crippen MR) is 95.6 cm³/mol. The Morgan fingerprint density at radius 2 is 1.89 bits per heavy atom. The van der Waals surface area contributed by atoms with E-state index in [-0.39, 0.29) is 27.6 Å². The minimum absolute atomic E-state index is 0.0273. The minimum atomic E-state index is -4.53. The summed E-state index contributed by atoms with van der Waals surface area (Å²) in [7, 11) is 1.37. The number of carbonyl (C=O) groups is 2. The SMILES string of the molecule is COc1ccc(C(N)=O)cc1NC(=O)C=Cc1cc(C(F)(F)F)ccc1Cl. The predicted octanol–water partition coefficient (Wildman–Crippen LogP) is 4.12. The van der Waals surface area contributed by atoms with Gasteiger partial charge in [0.15, 0.2) is 0 Å². The molecule has 0 unspecified atom stereocenters. The summed E-state index contributed by atoms with van der Waals surface area (Å²) in [6, 6.07) is 6.98. The highest BCUT2D eigenvalue weighted by molar-refractivity contribution is 6.32. The molecule has 0 aliphatic carbocycles. The van der Waals surface area contributed by atoms with Gasteiger partial charge in [-0.15, -0.1) is 0 Å². The monoisotopic (exact) mass is 398 g/mol. The molecule has 142 valence electrons. The lowest BCUT2D eigenvalue weighted by molar-refractivity contribution is -0.137. The number of amides is 2. The highest BCUT2D eigenvalue weighted by Gasteiger charge is 2.30. The van der Waals surface area contributed by atoms with Gasteiger partial charge in [-0.1, -0.05) is 11.6 Å². The molecule has 27 heavy (non-hydrogen) atoms. The number of ether oxygens (including phenoxy) is 1. The van der Waals surface area contributed by atoms with Crippen molar-refractivity contribution < 1.29 is 27.5 Å². The summed E-state index contributed by atoms with van der Waals surface area (Å²) >= 11 is 5.87. The van der Waals surface area contributed by atoms with Gasteiger partial charge in [-0.05, 0) is 48.0 Å². The van der Waals surface area contributed by atoms with E-state index in [0.717, 1.165) is 30.4 Å². The van der Waals surface area contributed by atoms with Crippen molar-refractivity contribution in [2.75, 3.05) is 12.4 Å². The molecule has 2 aromatic rings. The number of alkyl halides is 3. The summed E-state index contributed by atoms with van der Waals surface area (Å²) in [5.41, 5.74) is 4.66. The third-order valence-electron chi connectivity index (χ3n) is 3.48. The van der Waals surface area contributed by atoms with Crippen LogP contribution >= 0.6 is 11.6 Å². The van der Waals surface area contributed by atoms with Crippen LogP contribution in [0, 0.1) is 0 Å². The molecule has 0 fully saturated rings. The van der Waals surface area contributed by atoms with Gasteiger partial charge >= 0.3 is 6.18 Å². The minimum Gasteiger partial charge on any atom is -0.495 e. The van der Waals surface area contributed by atoms with E-state index in [1.165, 1.54) is 25.3 Å². The highest BCUT2D eigenvalue weighted by Crippen LogP contribution is 2.32. The van der Waals surface area contributed by atoms with Crippen LogP contribution in [0.2, 0.25) is 5.02 Å². The Morgan fingerprint density at radius 3 is 2.48 bits per heavy atom. The zero-order valence-electron chi connectivity index (χ0n) is 13.9. The van der Waals surface area contributed by atoms with E-state index in [4.69, 9.17) is 22.1 Å². The lowest BCUT2D eigenvalue weighted by Crippen LogP contribution is -2.13. The van der Waals surface area contributed by atoms with Crippen LogP contribution in [-0.2, 0) is 11.0 Å². The number of hydrogen-bond acceptors (Lipinski definition) is 3. The molecule has 9 heteroatoms. The molecule has 5 nitrogen and oxygen atoms in total. The molecule has 0 saturated heterocycles. The molecular formula is C18H14ClF3N2O3. The standard InChI is InChI=1S/C18H14ClF3N2O3/c1-27-15-6-2-11(17(23)26)9-14(15)24-16(25)7-3-10-8-12(18(20,21)22)4-5-13(10)19/h2-9H,1H3,(H2,23,26)(H,24,25). The van der Waals surface area contributed by atoms with Crippen LogP contribution < -0.4 is 15.8 Å². The van der Waals surface area contributed by atoms with Crippen molar-refractivity contribution in [3.63, 3.8) is 0 Å². The quantitative estimate of drug-likeness (QED) is 0.743. The van der Waals surface area contributed by atoms with Crippen LogP contribution in [0.3, 0.4) is 0 Å². The van der Waals surface area contributed by atoms with Crippen LogP contribution in [0.4, 0.5) is 18.9 Å². The molecule has 0 heterocycles. The largest absolute Gasteiger partial charge is 0.495 e. The third kappa shape index (κ3) is 5.24. The maximum atomic E-state index is 12.8. The average molecular weight is 399 g/mol. The summed E-state index contributed by atoms with van der Waals surface area (Å²) in [5.74, 6) is -1.08. The number of anilines is 1. The third-order valence-corrected chi connectivity index (χ3v) is 3.82. The fourth-order valence-corrected chi connectivity index (χ4v) is 2.33. The fourth-order valence-electron chi connectivity index (χ4n) is 2.15. The van der Waals surface area contributed by atoms with Gasteiger partial charge in [0, 0.05) is 16.7 Å². The molecule has 0 bridgehead atoms. The van der Waals surface area contributed by atoms with Gasteiger partial charge in [-0.25, -0.2) is 0 Å². The van der Waals surface area contributed by atoms with Crippen molar-refractivity contribution in [1.29, 1.82) is 0 Å². The Kier molecular flexibility index (Phi) is 6.12. The topological polar surface area (TPSA) is 81.4 Å². The number of carbonyl (C=O) groups excluding carboxylic acids is 2. The second-order valence-electron chi connectivity index (χ2n) is 5.34. The second kappa shape index (κ2) is 8.13. The maximum absolute atomic E-state index is 12.8. The summed E-state index contributed by atoms with van der Waals surface area (Å²) in [5, 5.41) is 2.52. The van der Waals surface area contributed by atoms with Gasteiger partial charge in [-0.3, -0.25) is 9.59 Å². The number of rotatable bonds is 5. The van der Waals surface area contributed by atoms with Gasteiger partial charge in [0.1, 0.15) is 5.75 Å². The number of nitrogens with two attached hydrogens (primary N) is 1. The van der Waals surface area contributed by atoms with Crippen molar-refractivity contribution >= 4 is 35.2 Å². The molecule has 0 aromatic heterocycles. The molecule has 2 amide bonds. The van der Waals surface area contributed by atoms with Crippen LogP contribution in [0.25, 0.3) is 6.08 Å². The molecule has 0 aliphatic heterocycles. The van der Waals surface area contributed by atoms with Crippen LogP contribution in [0.1, 0.15) is 21.5 Å². The lowest BCUT2D eigenvalue weighted by Gasteiger charge is -2.10. The first kappa shape index (κ1) is 20.3. The van der Waals surface area contributed by atoms with Gasteiger partial charge in [-0.2, -0.15) is 13.2 Å². The van der Waals surface area contributed by atoms with Gasteiger partial charge in [0.25, 0.3) is 0 Å². The number of primary amides is 1. The molecule has 0 aliphatic rings. The van der Waals surface area contributed by atoms with Crippen LogP contribution in [0.15, 0.2) is 42.5 Å². The maximum Gasteiger partial charge on any atom is 0.416 e. The van der Waals surface area contributed by atoms with Crippen molar-refractivity contribution in [2.24, 2.45) is 5.73 Å². The van der Waals surface area contributed by atoms with Crippen molar-refractivity contribution in [3.8, 4) is 5.75 Å². The number of methoxy groups -OCH3 is 1. The van der Waals surface area contributed by atoms with E-state index in [2.05, 4.69) is 5.32 Å². The van der Waals surface area contributed by atoms with Crippen molar-refractivity contribution in [2.45, 2.75) is 6.18 Å². The zero-order chi connectivity index (χ0) is 20.2. The average Bonchev–Trinajstić information content (AvgIpc) is 2.59. The number of halogens is 4. The molecule has 2 aromatic carbocycles. The first-order valence-electron chi connectivity index (χ1n) is 7.45. The zero-order valence-corrected chi connectivity index (χ0v) is 14.7. The molecule has 2 rings (SSSR count). The summed E-state index contributed by atoms with van der Waals surface area (Å²) in [6.07, 6.45) is -2.37. The van der Waals surface area contributed by atoms with E-state index in [1.54, 1.807) is 0 Å². The Hall–Kier alpha value is -3.00. The normalized spacial score (nSPS) is 11.4. The highest BCUT2D eigenvalue weighted by atomic mass is 35.5. The molecule has 3 N–H and O–H groups in total. The van der Waals surface area contributed by atoms with Crippen molar-refractivity contribution in [3.05, 3.63) is 64.2 Å². The van der Waals surface area contributed by atoms with Crippen LogP contribution in [0.5, 0.6) is 5.75 Å². The van der Waals surface area contributed by atoms with E-state index in [9.17, 15) is 22.8 Å². The number of nitrogens with one attached hydrogen (secondary N) is 1. The Labute approximate surface area is 157 Å². The van der Waals surface area contributed by atoms with Crippen LogP contribution in [-0.4, -0.2) is 18.9 Å². The molecular weight excluding hydrogens is 385 g/mol. The Morgan fingerprint density at radius 1 is 1.19 bits per heavy atom. The van der Waals surface area contributed by atoms with E-state index < -0.39 is 23.6 Å². The summed E-state index contributed by atoms with van der Waals surface area (Å²) < 4.78 is 43.4. The number of benzene rings is 2. The molecule has 0 radical (unpaired) electrons. The molecule has 0 atom stereocenters. The summed E-state index contributed by atoms with van der Waals surface area (Å²) in [4.78, 5) is 23.3. The fraction of sp³-hybridized carbons (Fsp3) is 0.111. The molecule has 0 saturated carbocycles. The van der Waals surface area contributed by atoms with E-state index in [1.807, 2.05) is 0 Å². The lowest BCUT2D eigenvalue weighted by atomic mass is 10.1. The van der Waals surface area contributed by atoms with Gasteiger partial charge in [0.05, 0.1) is 18.4 Å². The first-order valence-corrected chi connectivity index (χ1v) is 7.83. The first-order chi connectivity index (χ1) is 12.6. The number of hydrogen-bond donors (Lipinski definition) is 2. The van der Waals surface area contributed by atoms with Gasteiger partial charge < -0.3 is 15.8 Å². The smallest absolute Gasteiger partial charge is 0.416 e. The van der Waals surface area contributed by atoms with Gasteiger partial charge in [0.2, 0.25) is 11.8 Å². The Balaban J connectivity index is 2.24. The molecule has 0 spiro atoms. The summed E-state index contributed by atoms with van der Waals surface area (Å²) in [6.45, 7) is 0. The Bertz CT molecular complexity index is 911.